The smallest absolute Gasteiger partial charge is 0.251 e. The molecule has 0 bridgehead atoms. The van der Waals surface area contributed by atoms with E-state index in [0.29, 0.717) is 17.0 Å². The highest BCUT2D eigenvalue weighted by Gasteiger charge is 2.24. The molecule has 124 valence electrons. The molecule has 0 radical (unpaired) electrons. The third-order valence-corrected chi connectivity index (χ3v) is 4.26. The van der Waals surface area contributed by atoms with Crippen molar-refractivity contribution in [1.82, 2.24) is 4.57 Å². The quantitative estimate of drug-likeness (QED) is 0.848. The number of aromatic nitrogens is 1. The highest BCUT2D eigenvalue weighted by molar-refractivity contribution is 6.02. The number of nitrogens with zero attached hydrogens (tertiary/aromatic N) is 1. The second-order valence-corrected chi connectivity index (χ2v) is 6.34. The maximum atomic E-state index is 13.7. The fourth-order valence-corrected chi connectivity index (χ4v) is 3.11. The molecule has 1 amide bonds. The molecule has 1 heterocycles. The molecule has 2 rings (SSSR count). The number of carbonyl (C=O) groups is 1. The van der Waals surface area contributed by atoms with Gasteiger partial charge in [-0.2, -0.15) is 0 Å². The number of benzene rings is 1. The van der Waals surface area contributed by atoms with E-state index in [9.17, 15) is 9.18 Å². The van der Waals surface area contributed by atoms with Crippen LogP contribution in [0.5, 0.6) is 0 Å². The molecule has 0 unspecified atom stereocenters. The van der Waals surface area contributed by atoms with Crippen LogP contribution in [0.2, 0.25) is 0 Å². The minimum Gasteiger partial charge on any atom is -0.366 e. The molecular weight excluding hydrogens is 291 g/mol. The Hall–Kier alpha value is -2.10. The standard InChI is InChI=1S/C19H25FN2O/c1-5-16-18(14-7-6-8-15(20)11-14)17(19(21)23)13(4)22(16)10-9-12(2)3/h6-8,11-12H,5,9-10H2,1-4H3,(H2,21,23). The van der Waals surface area contributed by atoms with Gasteiger partial charge in [-0.25, -0.2) is 4.39 Å². The van der Waals surface area contributed by atoms with Crippen LogP contribution in [0.3, 0.4) is 0 Å². The van der Waals surface area contributed by atoms with E-state index in [1.807, 2.05) is 19.9 Å². The molecule has 0 aliphatic heterocycles. The minimum atomic E-state index is -0.459. The summed E-state index contributed by atoms with van der Waals surface area (Å²) < 4.78 is 15.8. The molecule has 0 fully saturated rings. The van der Waals surface area contributed by atoms with Crippen LogP contribution in [0.1, 0.15) is 48.9 Å². The van der Waals surface area contributed by atoms with Crippen LogP contribution in [0.4, 0.5) is 4.39 Å². The summed E-state index contributed by atoms with van der Waals surface area (Å²) in [5.74, 6) is -0.205. The van der Waals surface area contributed by atoms with E-state index in [1.54, 1.807) is 6.07 Å². The Balaban J connectivity index is 2.68. The number of hydrogen-bond acceptors (Lipinski definition) is 1. The molecule has 0 saturated carbocycles. The van der Waals surface area contributed by atoms with Crippen LogP contribution >= 0.6 is 0 Å². The van der Waals surface area contributed by atoms with Crippen LogP contribution in [-0.2, 0) is 13.0 Å². The van der Waals surface area contributed by atoms with Gasteiger partial charge in [0.05, 0.1) is 5.56 Å². The number of rotatable bonds is 6. The van der Waals surface area contributed by atoms with Crippen LogP contribution in [0.25, 0.3) is 11.1 Å². The fraction of sp³-hybridized carbons (Fsp3) is 0.421. The monoisotopic (exact) mass is 316 g/mol. The Morgan fingerprint density at radius 2 is 2.04 bits per heavy atom. The van der Waals surface area contributed by atoms with Gasteiger partial charge in [0.1, 0.15) is 5.82 Å². The van der Waals surface area contributed by atoms with Crippen LogP contribution < -0.4 is 5.73 Å². The molecule has 1 aromatic heterocycles. The number of halogens is 1. The Bertz CT molecular complexity index is 716. The maximum absolute atomic E-state index is 13.7. The van der Waals surface area contributed by atoms with Gasteiger partial charge in [0.15, 0.2) is 0 Å². The lowest BCUT2D eigenvalue weighted by Crippen LogP contribution is -2.13. The fourth-order valence-electron chi connectivity index (χ4n) is 3.11. The summed E-state index contributed by atoms with van der Waals surface area (Å²) >= 11 is 0. The molecule has 0 aliphatic rings. The van der Waals surface area contributed by atoms with Crippen molar-refractivity contribution < 1.29 is 9.18 Å². The largest absolute Gasteiger partial charge is 0.366 e. The summed E-state index contributed by atoms with van der Waals surface area (Å²) in [6.07, 6.45) is 1.78. The normalized spacial score (nSPS) is 11.2. The second kappa shape index (κ2) is 6.99. The summed E-state index contributed by atoms with van der Waals surface area (Å²) in [5, 5.41) is 0. The lowest BCUT2D eigenvalue weighted by atomic mass is 9.98. The summed E-state index contributed by atoms with van der Waals surface area (Å²) in [7, 11) is 0. The van der Waals surface area contributed by atoms with Crippen molar-refractivity contribution in [3.05, 3.63) is 47.0 Å². The van der Waals surface area contributed by atoms with Crippen molar-refractivity contribution in [1.29, 1.82) is 0 Å². The van der Waals surface area contributed by atoms with Gasteiger partial charge in [-0.15, -0.1) is 0 Å². The second-order valence-electron chi connectivity index (χ2n) is 6.34. The predicted octanol–water partition coefficient (Wildman–Crippen LogP) is 4.31. The summed E-state index contributed by atoms with van der Waals surface area (Å²) in [6.45, 7) is 9.15. The predicted molar refractivity (Wildman–Crippen MR) is 91.9 cm³/mol. The third kappa shape index (κ3) is 3.46. The Labute approximate surface area is 137 Å². The van der Waals surface area contributed by atoms with Crippen molar-refractivity contribution in [2.75, 3.05) is 0 Å². The molecule has 2 aromatic rings. The number of hydrogen-bond donors (Lipinski definition) is 1. The maximum Gasteiger partial charge on any atom is 0.251 e. The highest BCUT2D eigenvalue weighted by Crippen LogP contribution is 2.34. The van der Waals surface area contributed by atoms with Crippen molar-refractivity contribution in [2.24, 2.45) is 11.7 Å². The average Bonchev–Trinajstić information content (AvgIpc) is 2.77. The molecule has 0 spiro atoms. The van der Waals surface area contributed by atoms with E-state index in [2.05, 4.69) is 18.4 Å². The van der Waals surface area contributed by atoms with Gasteiger partial charge in [0.2, 0.25) is 0 Å². The Morgan fingerprint density at radius 1 is 1.35 bits per heavy atom. The van der Waals surface area contributed by atoms with E-state index >= 15 is 0 Å². The molecule has 0 atom stereocenters. The van der Waals surface area contributed by atoms with Crippen LogP contribution in [-0.4, -0.2) is 10.5 Å². The summed E-state index contributed by atoms with van der Waals surface area (Å²) in [5.41, 5.74) is 9.55. The molecule has 3 nitrogen and oxygen atoms in total. The topological polar surface area (TPSA) is 48.0 Å². The number of carbonyl (C=O) groups excluding carboxylic acids is 1. The molecule has 23 heavy (non-hydrogen) atoms. The van der Waals surface area contributed by atoms with Gasteiger partial charge in [0, 0.05) is 23.5 Å². The van der Waals surface area contributed by atoms with Gasteiger partial charge >= 0.3 is 0 Å². The van der Waals surface area contributed by atoms with E-state index in [1.165, 1.54) is 12.1 Å². The molecule has 1 aromatic carbocycles. The van der Waals surface area contributed by atoms with Crippen molar-refractivity contribution >= 4 is 5.91 Å². The van der Waals surface area contributed by atoms with E-state index in [0.717, 1.165) is 36.3 Å². The van der Waals surface area contributed by atoms with Crippen LogP contribution in [0.15, 0.2) is 24.3 Å². The number of primary amides is 1. The number of nitrogens with two attached hydrogens (primary N) is 1. The van der Waals surface area contributed by atoms with E-state index < -0.39 is 5.91 Å². The summed E-state index contributed by atoms with van der Waals surface area (Å²) in [4.78, 5) is 12.0. The molecule has 2 N–H and O–H groups in total. The highest BCUT2D eigenvalue weighted by atomic mass is 19.1. The van der Waals surface area contributed by atoms with Gasteiger partial charge in [-0.1, -0.05) is 32.9 Å². The molecule has 0 aliphatic carbocycles. The van der Waals surface area contributed by atoms with Gasteiger partial charge in [0.25, 0.3) is 5.91 Å². The zero-order valence-corrected chi connectivity index (χ0v) is 14.3. The molecular formula is C19H25FN2O. The van der Waals surface area contributed by atoms with E-state index in [4.69, 9.17) is 5.73 Å². The SMILES string of the molecule is CCc1c(-c2cccc(F)c2)c(C(N)=O)c(C)n1CCC(C)C. The Kier molecular flexibility index (Phi) is 5.24. The molecule has 4 heteroatoms. The van der Waals surface area contributed by atoms with Crippen molar-refractivity contribution in [3.63, 3.8) is 0 Å². The first-order valence-corrected chi connectivity index (χ1v) is 8.14. The van der Waals surface area contributed by atoms with Gasteiger partial charge < -0.3 is 10.3 Å². The summed E-state index contributed by atoms with van der Waals surface area (Å²) in [6, 6.07) is 6.36. The first kappa shape index (κ1) is 17.3. The third-order valence-electron chi connectivity index (χ3n) is 4.26. The number of amides is 1. The van der Waals surface area contributed by atoms with Crippen molar-refractivity contribution in [2.45, 2.75) is 47.1 Å². The Morgan fingerprint density at radius 3 is 2.57 bits per heavy atom. The zero-order chi connectivity index (χ0) is 17.1. The zero-order valence-electron chi connectivity index (χ0n) is 14.3. The van der Waals surface area contributed by atoms with Crippen LogP contribution in [0, 0.1) is 18.7 Å². The lowest BCUT2D eigenvalue weighted by Gasteiger charge is -2.13. The van der Waals surface area contributed by atoms with Crippen molar-refractivity contribution in [3.8, 4) is 11.1 Å². The average molecular weight is 316 g/mol. The van der Waals surface area contributed by atoms with Gasteiger partial charge in [-0.3, -0.25) is 4.79 Å². The first-order chi connectivity index (χ1) is 10.9. The van der Waals surface area contributed by atoms with Gasteiger partial charge in [-0.05, 0) is 43.4 Å². The van der Waals surface area contributed by atoms with E-state index in [-0.39, 0.29) is 5.82 Å². The lowest BCUT2D eigenvalue weighted by molar-refractivity contribution is 0.1000. The molecule has 0 saturated heterocycles. The minimum absolute atomic E-state index is 0.312. The first-order valence-electron chi connectivity index (χ1n) is 8.14.